The summed E-state index contributed by atoms with van der Waals surface area (Å²) in [6, 6.07) is 4.92. The molecule has 1 rings (SSSR count). The zero-order chi connectivity index (χ0) is 14.5. The molecule has 1 atom stereocenters. The Labute approximate surface area is 111 Å². The molecule has 0 fully saturated rings. The maximum atomic E-state index is 13.6. The van der Waals surface area contributed by atoms with Crippen LogP contribution in [0.2, 0.25) is 0 Å². The minimum absolute atomic E-state index is 0.0336. The number of nitrogens with one attached hydrogen (secondary N) is 1. The Bertz CT molecular complexity index is 581. The van der Waals surface area contributed by atoms with Gasteiger partial charge in [-0.3, -0.25) is 0 Å². The summed E-state index contributed by atoms with van der Waals surface area (Å²) in [5.41, 5.74) is 0.0603. The summed E-state index contributed by atoms with van der Waals surface area (Å²) in [5.74, 6) is -1.01. The first kappa shape index (κ1) is 15.6. The number of hydrogen-bond donors (Lipinski definition) is 2. The number of sulfonamides is 1. The minimum atomic E-state index is -3.95. The van der Waals surface area contributed by atoms with Crippen molar-refractivity contribution in [1.29, 1.82) is 5.26 Å². The average Bonchev–Trinajstić information content (AvgIpc) is 2.36. The van der Waals surface area contributed by atoms with Crippen LogP contribution in [0.1, 0.15) is 18.9 Å². The second kappa shape index (κ2) is 6.61. The molecule has 5 nitrogen and oxygen atoms in total. The van der Waals surface area contributed by atoms with E-state index in [1.54, 1.807) is 13.0 Å². The van der Waals surface area contributed by atoms with E-state index in [1.807, 2.05) is 0 Å². The molecule has 2 N–H and O–H groups in total. The number of nitriles is 1. The van der Waals surface area contributed by atoms with Crippen LogP contribution >= 0.6 is 0 Å². The van der Waals surface area contributed by atoms with Crippen LogP contribution in [-0.4, -0.2) is 26.7 Å². The molecule has 1 aromatic rings. The van der Waals surface area contributed by atoms with E-state index in [-0.39, 0.29) is 24.6 Å². The second-order valence-corrected chi connectivity index (χ2v) is 5.96. The third kappa shape index (κ3) is 4.28. The summed E-state index contributed by atoms with van der Waals surface area (Å²) in [7, 11) is -3.95. The lowest BCUT2D eigenvalue weighted by Crippen LogP contribution is -2.29. The Hall–Kier alpha value is -1.49. The molecule has 19 heavy (non-hydrogen) atoms. The lowest BCUT2D eigenvalue weighted by atomic mass is 10.1. The van der Waals surface area contributed by atoms with Gasteiger partial charge in [-0.05, 0) is 30.5 Å². The molecule has 7 heteroatoms. The van der Waals surface area contributed by atoms with E-state index >= 15 is 0 Å². The Kier molecular flexibility index (Phi) is 5.42. The number of rotatable bonds is 6. The Morgan fingerprint density at radius 3 is 2.74 bits per heavy atom. The van der Waals surface area contributed by atoms with Gasteiger partial charge in [0, 0.05) is 13.2 Å². The van der Waals surface area contributed by atoms with Crippen molar-refractivity contribution < 1.29 is 17.9 Å². The molecule has 0 saturated heterocycles. The van der Waals surface area contributed by atoms with Gasteiger partial charge in [-0.1, -0.05) is 6.92 Å². The molecular formula is C12H15FN2O3S. The van der Waals surface area contributed by atoms with Gasteiger partial charge in [0.05, 0.1) is 11.6 Å². The van der Waals surface area contributed by atoms with Crippen molar-refractivity contribution in [1.82, 2.24) is 4.72 Å². The predicted octanol–water partition coefficient (Wildman–Crippen LogP) is 0.994. The monoisotopic (exact) mass is 286 g/mol. The first-order valence-corrected chi connectivity index (χ1v) is 7.19. The summed E-state index contributed by atoms with van der Waals surface area (Å²) in [4.78, 5) is -0.484. The van der Waals surface area contributed by atoms with Crippen molar-refractivity contribution in [3.05, 3.63) is 29.6 Å². The fourth-order valence-corrected chi connectivity index (χ4v) is 2.66. The van der Waals surface area contributed by atoms with E-state index in [4.69, 9.17) is 10.4 Å². The number of benzene rings is 1. The molecule has 0 aliphatic rings. The smallest absolute Gasteiger partial charge is 0.243 e. The number of nitrogens with zero attached hydrogens (tertiary/aromatic N) is 1. The van der Waals surface area contributed by atoms with E-state index < -0.39 is 20.7 Å². The maximum absolute atomic E-state index is 13.6. The summed E-state index contributed by atoms with van der Waals surface area (Å²) in [5, 5.41) is 17.3. The summed E-state index contributed by atoms with van der Waals surface area (Å²) < 4.78 is 39.6. The van der Waals surface area contributed by atoms with E-state index in [0.717, 1.165) is 12.1 Å². The van der Waals surface area contributed by atoms with Crippen LogP contribution < -0.4 is 4.72 Å². The highest BCUT2D eigenvalue weighted by Gasteiger charge is 2.19. The van der Waals surface area contributed by atoms with Gasteiger partial charge in [-0.2, -0.15) is 5.26 Å². The highest BCUT2D eigenvalue weighted by atomic mass is 32.2. The van der Waals surface area contributed by atoms with Crippen molar-refractivity contribution in [3.8, 4) is 6.07 Å². The van der Waals surface area contributed by atoms with Gasteiger partial charge in [0.1, 0.15) is 10.7 Å². The molecule has 0 saturated carbocycles. The summed E-state index contributed by atoms with van der Waals surface area (Å²) in [6.45, 7) is 1.85. The minimum Gasteiger partial charge on any atom is -0.396 e. The number of halogens is 1. The first-order valence-electron chi connectivity index (χ1n) is 5.71. The largest absolute Gasteiger partial charge is 0.396 e. The zero-order valence-electron chi connectivity index (χ0n) is 10.4. The molecule has 0 spiro atoms. The lowest BCUT2D eigenvalue weighted by molar-refractivity contribution is 0.263. The summed E-state index contributed by atoms with van der Waals surface area (Å²) >= 11 is 0. The van der Waals surface area contributed by atoms with Gasteiger partial charge in [0.25, 0.3) is 0 Å². The fourth-order valence-electron chi connectivity index (χ4n) is 1.44. The van der Waals surface area contributed by atoms with Crippen LogP contribution in [0, 0.1) is 23.1 Å². The highest BCUT2D eigenvalue weighted by Crippen LogP contribution is 2.16. The van der Waals surface area contributed by atoms with E-state index in [9.17, 15) is 12.8 Å². The van der Waals surface area contributed by atoms with Crippen molar-refractivity contribution in [3.63, 3.8) is 0 Å². The number of hydrogen-bond acceptors (Lipinski definition) is 4. The van der Waals surface area contributed by atoms with Crippen molar-refractivity contribution in [2.75, 3.05) is 13.2 Å². The SMILES string of the molecule is CC(CCO)CNS(=O)(=O)c1ccc(C#N)cc1F. The van der Waals surface area contributed by atoms with E-state index in [0.29, 0.717) is 6.42 Å². The molecule has 0 bridgehead atoms. The molecule has 1 aromatic carbocycles. The lowest BCUT2D eigenvalue weighted by Gasteiger charge is -2.12. The molecular weight excluding hydrogens is 271 g/mol. The van der Waals surface area contributed by atoms with Crippen LogP contribution in [0.15, 0.2) is 23.1 Å². The molecule has 0 aliphatic heterocycles. The van der Waals surface area contributed by atoms with Crippen LogP contribution in [0.3, 0.4) is 0 Å². The zero-order valence-corrected chi connectivity index (χ0v) is 11.2. The molecule has 104 valence electrons. The maximum Gasteiger partial charge on any atom is 0.243 e. The molecule has 0 heterocycles. The quantitative estimate of drug-likeness (QED) is 0.816. The first-order chi connectivity index (χ1) is 8.90. The molecule has 0 aliphatic carbocycles. The predicted molar refractivity (Wildman–Crippen MR) is 67.2 cm³/mol. The number of aliphatic hydroxyl groups is 1. The van der Waals surface area contributed by atoms with Crippen LogP contribution in [-0.2, 0) is 10.0 Å². The standard InChI is InChI=1S/C12H15FN2O3S/c1-9(4-5-16)8-15-19(17,18)12-3-2-10(7-14)6-11(12)13/h2-3,6,9,15-16H,4-5,8H2,1H3. The average molecular weight is 286 g/mol. The normalized spacial score (nSPS) is 12.9. The van der Waals surface area contributed by atoms with Crippen molar-refractivity contribution in [2.24, 2.45) is 5.92 Å². The van der Waals surface area contributed by atoms with Crippen molar-refractivity contribution in [2.45, 2.75) is 18.2 Å². The van der Waals surface area contributed by atoms with Gasteiger partial charge in [0.2, 0.25) is 10.0 Å². The Morgan fingerprint density at radius 2 is 2.21 bits per heavy atom. The van der Waals surface area contributed by atoms with Gasteiger partial charge in [0.15, 0.2) is 0 Å². The van der Waals surface area contributed by atoms with Gasteiger partial charge >= 0.3 is 0 Å². The topological polar surface area (TPSA) is 90.2 Å². The molecule has 0 radical (unpaired) electrons. The third-order valence-electron chi connectivity index (χ3n) is 2.59. The van der Waals surface area contributed by atoms with Crippen LogP contribution in [0.4, 0.5) is 4.39 Å². The Balaban J connectivity index is 2.86. The molecule has 1 unspecified atom stereocenters. The van der Waals surface area contributed by atoms with E-state index in [1.165, 1.54) is 6.07 Å². The second-order valence-electron chi connectivity index (χ2n) is 4.23. The summed E-state index contributed by atoms with van der Waals surface area (Å²) in [6.07, 6.45) is 0.457. The van der Waals surface area contributed by atoms with Crippen LogP contribution in [0.5, 0.6) is 0 Å². The molecule has 0 aromatic heterocycles. The fraction of sp³-hybridized carbons (Fsp3) is 0.417. The van der Waals surface area contributed by atoms with Crippen molar-refractivity contribution >= 4 is 10.0 Å². The number of aliphatic hydroxyl groups excluding tert-OH is 1. The van der Waals surface area contributed by atoms with E-state index in [2.05, 4.69) is 4.72 Å². The Morgan fingerprint density at radius 1 is 1.53 bits per heavy atom. The van der Waals surface area contributed by atoms with Gasteiger partial charge < -0.3 is 5.11 Å². The highest BCUT2D eigenvalue weighted by molar-refractivity contribution is 7.89. The van der Waals surface area contributed by atoms with Gasteiger partial charge in [-0.25, -0.2) is 17.5 Å². The van der Waals surface area contributed by atoms with Gasteiger partial charge in [-0.15, -0.1) is 0 Å². The van der Waals surface area contributed by atoms with Crippen LogP contribution in [0.25, 0.3) is 0 Å². The third-order valence-corrected chi connectivity index (χ3v) is 4.05. The molecule has 0 amide bonds.